The third kappa shape index (κ3) is 4.92. The van der Waals surface area contributed by atoms with Crippen LogP contribution in [0.2, 0.25) is 0 Å². The molecule has 1 fully saturated rings. The SMILES string of the molecule is CC(C)OP(=O)(COCCn1cnc2c(N3CCCC3)n3ccnc3nc21)OC(C)C. The van der Waals surface area contributed by atoms with Gasteiger partial charge >= 0.3 is 7.60 Å². The van der Waals surface area contributed by atoms with E-state index < -0.39 is 7.60 Å². The normalized spacial score (nSPS) is 15.4. The monoisotopic (exact) mass is 450 g/mol. The molecule has 0 radical (unpaired) electrons. The molecule has 4 heterocycles. The van der Waals surface area contributed by atoms with Crippen molar-refractivity contribution in [3.63, 3.8) is 0 Å². The van der Waals surface area contributed by atoms with Crippen LogP contribution in [0.3, 0.4) is 0 Å². The highest BCUT2D eigenvalue weighted by Crippen LogP contribution is 2.50. The number of aromatic nitrogens is 5. The summed E-state index contributed by atoms with van der Waals surface area (Å²) in [7, 11) is -3.32. The van der Waals surface area contributed by atoms with Gasteiger partial charge in [0.05, 0.1) is 25.1 Å². The fourth-order valence-corrected chi connectivity index (χ4v) is 5.67. The fraction of sp³-hybridized carbons (Fsp3) is 0.650. The Balaban J connectivity index is 1.49. The second-order valence-corrected chi connectivity index (χ2v) is 10.2. The zero-order chi connectivity index (χ0) is 22.0. The lowest BCUT2D eigenvalue weighted by Gasteiger charge is -2.22. The number of nitrogens with zero attached hydrogens (tertiary/aromatic N) is 6. The number of anilines is 1. The van der Waals surface area contributed by atoms with Crippen molar-refractivity contribution in [2.45, 2.75) is 59.3 Å². The molecule has 0 N–H and O–H groups in total. The maximum atomic E-state index is 12.9. The summed E-state index contributed by atoms with van der Waals surface area (Å²) < 4.78 is 33.6. The van der Waals surface area contributed by atoms with Crippen molar-refractivity contribution in [3.05, 3.63) is 18.7 Å². The lowest BCUT2D eigenvalue weighted by molar-refractivity contribution is 0.0961. The molecule has 1 saturated heterocycles. The quantitative estimate of drug-likeness (QED) is 0.341. The van der Waals surface area contributed by atoms with E-state index in [4.69, 9.17) is 18.8 Å². The Morgan fingerprint density at radius 1 is 1.10 bits per heavy atom. The van der Waals surface area contributed by atoms with E-state index in [0.717, 1.165) is 30.1 Å². The topological polar surface area (TPSA) is 96.0 Å². The molecule has 0 bridgehead atoms. The van der Waals surface area contributed by atoms with Crippen molar-refractivity contribution < 1.29 is 18.3 Å². The number of rotatable bonds is 10. The number of fused-ring (bicyclic) bond motifs is 2. The van der Waals surface area contributed by atoms with E-state index in [1.165, 1.54) is 12.8 Å². The lowest BCUT2D eigenvalue weighted by Crippen LogP contribution is -2.21. The number of hydrogen-bond acceptors (Lipinski definition) is 8. The Kier molecular flexibility index (Phi) is 6.62. The summed E-state index contributed by atoms with van der Waals surface area (Å²) in [5.74, 6) is 1.69. The zero-order valence-corrected chi connectivity index (χ0v) is 19.5. The maximum Gasteiger partial charge on any atom is 0.356 e. The standard InChI is InChI=1S/C20H31N6O4P/c1-15(2)29-31(27,30-16(3)4)14-28-12-11-25-13-22-17-18(25)23-20-21-7-10-26(20)19(17)24-8-5-6-9-24/h7,10,13,15-16H,5-6,8-9,11-12,14H2,1-4H3. The summed E-state index contributed by atoms with van der Waals surface area (Å²) >= 11 is 0. The van der Waals surface area contributed by atoms with Gasteiger partial charge in [0.1, 0.15) is 17.7 Å². The predicted molar refractivity (Wildman–Crippen MR) is 119 cm³/mol. The van der Waals surface area contributed by atoms with E-state index in [9.17, 15) is 4.57 Å². The summed E-state index contributed by atoms with van der Waals surface area (Å²) in [5, 5.41) is 0. The first-order chi connectivity index (χ1) is 14.9. The summed E-state index contributed by atoms with van der Waals surface area (Å²) in [5.41, 5.74) is 1.62. The van der Waals surface area contributed by atoms with Crippen molar-refractivity contribution >= 4 is 30.4 Å². The molecule has 0 saturated carbocycles. The molecule has 31 heavy (non-hydrogen) atoms. The zero-order valence-electron chi connectivity index (χ0n) is 18.6. The van der Waals surface area contributed by atoms with E-state index in [1.54, 1.807) is 12.5 Å². The van der Waals surface area contributed by atoms with Gasteiger partial charge in [0.15, 0.2) is 5.65 Å². The minimum Gasteiger partial charge on any atom is -0.367 e. The Hall–Kier alpha value is -2.00. The molecule has 0 aliphatic carbocycles. The van der Waals surface area contributed by atoms with Gasteiger partial charge < -0.3 is 23.3 Å². The third-order valence-corrected chi connectivity index (χ3v) is 6.94. The van der Waals surface area contributed by atoms with E-state index in [-0.39, 0.29) is 18.6 Å². The first kappa shape index (κ1) is 22.2. The second kappa shape index (κ2) is 9.24. The van der Waals surface area contributed by atoms with Crippen LogP contribution in [0.15, 0.2) is 18.7 Å². The second-order valence-electron chi connectivity index (χ2n) is 8.29. The molecule has 10 nitrogen and oxygen atoms in total. The molecule has 1 aliphatic rings. The molecule has 0 aromatic carbocycles. The van der Waals surface area contributed by atoms with E-state index >= 15 is 0 Å². The molecular weight excluding hydrogens is 419 g/mol. The smallest absolute Gasteiger partial charge is 0.356 e. The van der Waals surface area contributed by atoms with Crippen molar-refractivity contribution in [1.29, 1.82) is 0 Å². The first-order valence-corrected chi connectivity index (χ1v) is 12.6. The van der Waals surface area contributed by atoms with Gasteiger partial charge in [-0.25, -0.2) is 9.97 Å². The highest BCUT2D eigenvalue weighted by atomic mass is 31.2. The number of ether oxygens (including phenoxy) is 1. The molecule has 0 atom stereocenters. The predicted octanol–water partition coefficient (Wildman–Crippen LogP) is 3.70. The molecule has 0 amide bonds. The molecule has 11 heteroatoms. The van der Waals surface area contributed by atoms with Gasteiger partial charge in [-0.1, -0.05) is 0 Å². The van der Waals surface area contributed by atoms with Gasteiger partial charge in [-0.2, -0.15) is 4.98 Å². The minimum atomic E-state index is -3.32. The molecule has 3 aromatic rings. The number of hydrogen-bond donors (Lipinski definition) is 0. The van der Waals surface area contributed by atoms with Crippen LogP contribution in [0.1, 0.15) is 40.5 Å². The average molecular weight is 450 g/mol. The van der Waals surface area contributed by atoms with E-state index in [2.05, 4.69) is 14.9 Å². The van der Waals surface area contributed by atoms with Crippen LogP contribution >= 0.6 is 7.60 Å². The van der Waals surface area contributed by atoms with Crippen LogP contribution in [-0.2, 0) is 24.9 Å². The summed E-state index contributed by atoms with van der Waals surface area (Å²) in [6.45, 7) is 10.2. The first-order valence-electron chi connectivity index (χ1n) is 10.8. The van der Waals surface area contributed by atoms with Gasteiger partial charge in [0.2, 0.25) is 5.78 Å². The van der Waals surface area contributed by atoms with E-state index in [1.807, 2.05) is 42.9 Å². The molecular formula is C20H31N6O4P. The third-order valence-electron chi connectivity index (χ3n) is 4.95. The maximum absolute atomic E-state index is 12.9. The molecule has 0 spiro atoms. The fourth-order valence-electron chi connectivity index (χ4n) is 3.87. The lowest BCUT2D eigenvalue weighted by atomic mass is 10.4. The Morgan fingerprint density at radius 3 is 2.48 bits per heavy atom. The summed E-state index contributed by atoms with van der Waals surface area (Å²) in [6.07, 6.45) is 7.29. The van der Waals surface area contributed by atoms with Crippen molar-refractivity contribution in [1.82, 2.24) is 23.9 Å². The molecule has 170 valence electrons. The summed E-state index contributed by atoms with van der Waals surface area (Å²) in [6, 6.07) is 0. The molecule has 4 rings (SSSR count). The van der Waals surface area contributed by atoms with Gasteiger partial charge in [0, 0.05) is 32.0 Å². The van der Waals surface area contributed by atoms with Crippen LogP contribution in [0, 0.1) is 0 Å². The van der Waals surface area contributed by atoms with Crippen LogP contribution in [0.4, 0.5) is 5.82 Å². The Labute approximate surface area is 182 Å². The Morgan fingerprint density at radius 2 is 1.81 bits per heavy atom. The largest absolute Gasteiger partial charge is 0.367 e. The molecule has 1 aliphatic heterocycles. The summed E-state index contributed by atoms with van der Waals surface area (Å²) in [4.78, 5) is 16.1. The number of imidazole rings is 2. The van der Waals surface area contributed by atoms with Crippen LogP contribution in [0.25, 0.3) is 16.9 Å². The van der Waals surface area contributed by atoms with Gasteiger partial charge in [0.25, 0.3) is 0 Å². The van der Waals surface area contributed by atoms with Crippen molar-refractivity contribution in [2.24, 2.45) is 0 Å². The highest BCUT2D eigenvalue weighted by molar-refractivity contribution is 7.53. The minimum absolute atomic E-state index is 0.0903. The average Bonchev–Trinajstić information content (AvgIpc) is 3.43. The van der Waals surface area contributed by atoms with Crippen molar-refractivity contribution in [2.75, 3.05) is 30.9 Å². The Bertz CT molecular complexity index is 1060. The highest BCUT2D eigenvalue weighted by Gasteiger charge is 2.28. The van der Waals surface area contributed by atoms with Gasteiger partial charge in [-0.3, -0.25) is 8.97 Å². The molecule has 0 unspecified atom stereocenters. The van der Waals surface area contributed by atoms with Gasteiger partial charge in [-0.15, -0.1) is 0 Å². The van der Waals surface area contributed by atoms with E-state index in [0.29, 0.717) is 18.9 Å². The van der Waals surface area contributed by atoms with Crippen LogP contribution in [-0.4, -0.2) is 62.2 Å². The van der Waals surface area contributed by atoms with Crippen LogP contribution < -0.4 is 4.90 Å². The van der Waals surface area contributed by atoms with Crippen molar-refractivity contribution in [3.8, 4) is 0 Å². The van der Waals surface area contributed by atoms with Crippen LogP contribution in [0.5, 0.6) is 0 Å². The molecule has 3 aromatic heterocycles. The van der Waals surface area contributed by atoms with Gasteiger partial charge in [-0.05, 0) is 40.5 Å².